The van der Waals surface area contributed by atoms with Crippen LogP contribution in [0, 0.1) is 11.8 Å². The summed E-state index contributed by atoms with van der Waals surface area (Å²) in [7, 11) is 0. The lowest BCUT2D eigenvalue weighted by atomic mass is 9.79. The molecule has 0 saturated carbocycles. The molecule has 20 heavy (non-hydrogen) atoms. The van der Waals surface area contributed by atoms with Crippen LogP contribution in [0.2, 0.25) is 0 Å². The van der Waals surface area contributed by atoms with Gasteiger partial charge in [0.2, 0.25) is 0 Å². The van der Waals surface area contributed by atoms with Gasteiger partial charge in [-0.3, -0.25) is 0 Å². The fraction of sp³-hybridized carbons (Fsp3) is 0.895. The van der Waals surface area contributed by atoms with Gasteiger partial charge in [-0.15, -0.1) is 0 Å². The predicted molar refractivity (Wildman–Crippen MR) is 88.9 cm³/mol. The fourth-order valence-electron chi connectivity index (χ4n) is 3.61. The molecule has 0 fully saturated rings. The minimum absolute atomic E-state index is 0.0683. The molecule has 0 radical (unpaired) electrons. The molecule has 1 N–H and O–H groups in total. The van der Waals surface area contributed by atoms with Gasteiger partial charge in [-0.05, 0) is 38.0 Å². The summed E-state index contributed by atoms with van der Waals surface area (Å²) in [5.41, 5.74) is 1.48. The zero-order chi connectivity index (χ0) is 14.8. The average molecular weight is 280 g/mol. The Balaban J connectivity index is 2.03. The summed E-state index contributed by atoms with van der Waals surface area (Å²) in [6.45, 7) is 6.76. The highest BCUT2D eigenvalue weighted by atomic mass is 16.3. The molecule has 0 bridgehead atoms. The highest BCUT2D eigenvalue weighted by molar-refractivity contribution is 5.07. The molecular formula is C19H36O. The van der Waals surface area contributed by atoms with Crippen LogP contribution in [0.25, 0.3) is 0 Å². The van der Waals surface area contributed by atoms with Gasteiger partial charge in [-0.25, -0.2) is 0 Å². The van der Waals surface area contributed by atoms with Crippen molar-refractivity contribution in [3.05, 3.63) is 11.6 Å². The van der Waals surface area contributed by atoms with E-state index in [0.29, 0.717) is 11.8 Å². The van der Waals surface area contributed by atoms with Crippen molar-refractivity contribution >= 4 is 0 Å². The SMILES string of the molecule is CCCCCCCCCCC(O)C1CC(C)=CC(C)C1. The molecule has 0 amide bonds. The summed E-state index contributed by atoms with van der Waals surface area (Å²) < 4.78 is 0. The molecule has 0 heterocycles. The Morgan fingerprint density at radius 1 is 1.10 bits per heavy atom. The molecule has 1 nitrogen and oxygen atoms in total. The second kappa shape index (κ2) is 10.4. The first kappa shape index (κ1) is 17.8. The number of aliphatic hydroxyl groups excluding tert-OH is 1. The van der Waals surface area contributed by atoms with Gasteiger partial charge in [0.05, 0.1) is 6.10 Å². The van der Waals surface area contributed by atoms with E-state index < -0.39 is 0 Å². The monoisotopic (exact) mass is 280 g/mol. The number of aliphatic hydroxyl groups is 1. The van der Waals surface area contributed by atoms with E-state index in [1.807, 2.05) is 0 Å². The predicted octanol–water partition coefficient (Wildman–Crippen LogP) is 5.87. The number of hydrogen-bond donors (Lipinski definition) is 1. The van der Waals surface area contributed by atoms with Crippen molar-refractivity contribution in [1.29, 1.82) is 0 Å². The van der Waals surface area contributed by atoms with Gasteiger partial charge in [0.1, 0.15) is 0 Å². The van der Waals surface area contributed by atoms with Gasteiger partial charge in [0.15, 0.2) is 0 Å². The zero-order valence-electron chi connectivity index (χ0n) is 14.0. The van der Waals surface area contributed by atoms with E-state index in [4.69, 9.17) is 0 Å². The first-order valence-corrected chi connectivity index (χ1v) is 8.98. The largest absolute Gasteiger partial charge is 0.393 e. The molecule has 3 unspecified atom stereocenters. The highest BCUT2D eigenvalue weighted by Crippen LogP contribution is 2.31. The summed E-state index contributed by atoms with van der Waals surface area (Å²) in [5.74, 6) is 1.17. The van der Waals surface area contributed by atoms with E-state index in [1.54, 1.807) is 0 Å². The molecule has 0 aromatic rings. The average Bonchev–Trinajstić information content (AvgIpc) is 2.40. The van der Waals surface area contributed by atoms with E-state index in [0.717, 1.165) is 12.8 Å². The zero-order valence-corrected chi connectivity index (χ0v) is 14.0. The topological polar surface area (TPSA) is 20.2 Å². The van der Waals surface area contributed by atoms with E-state index in [2.05, 4.69) is 26.8 Å². The minimum Gasteiger partial charge on any atom is -0.393 e. The molecule has 1 heteroatoms. The summed E-state index contributed by atoms with van der Waals surface area (Å²) in [5, 5.41) is 10.4. The molecule has 1 rings (SSSR count). The Kier molecular flexibility index (Phi) is 9.26. The molecule has 3 atom stereocenters. The van der Waals surface area contributed by atoms with Gasteiger partial charge >= 0.3 is 0 Å². The van der Waals surface area contributed by atoms with E-state index in [9.17, 15) is 5.11 Å². The maximum absolute atomic E-state index is 10.4. The standard InChI is InChI=1S/C19H36O/c1-4-5-6-7-8-9-10-11-12-19(20)18-14-16(2)13-17(3)15-18/h13,16,18-20H,4-12,14-15H2,1-3H3. The summed E-state index contributed by atoms with van der Waals surface area (Å²) in [6.07, 6.45) is 16.4. The maximum Gasteiger partial charge on any atom is 0.0571 e. The molecule has 1 aliphatic rings. The number of rotatable bonds is 10. The van der Waals surface area contributed by atoms with E-state index >= 15 is 0 Å². The first-order valence-electron chi connectivity index (χ1n) is 8.98. The molecule has 0 spiro atoms. The number of hydrogen-bond acceptors (Lipinski definition) is 1. The second-order valence-corrected chi connectivity index (χ2v) is 7.02. The van der Waals surface area contributed by atoms with Crippen LogP contribution in [0.4, 0.5) is 0 Å². The van der Waals surface area contributed by atoms with Crippen LogP contribution in [0.15, 0.2) is 11.6 Å². The quantitative estimate of drug-likeness (QED) is 0.392. The van der Waals surface area contributed by atoms with Crippen molar-refractivity contribution < 1.29 is 5.11 Å². The Labute approximate surface area is 126 Å². The van der Waals surface area contributed by atoms with Gasteiger partial charge in [0.25, 0.3) is 0 Å². The molecule has 118 valence electrons. The highest BCUT2D eigenvalue weighted by Gasteiger charge is 2.24. The number of unbranched alkanes of at least 4 members (excludes halogenated alkanes) is 7. The van der Waals surface area contributed by atoms with Crippen LogP contribution in [-0.2, 0) is 0 Å². The van der Waals surface area contributed by atoms with Crippen molar-refractivity contribution in [2.45, 2.75) is 97.5 Å². The summed E-state index contributed by atoms with van der Waals surface area (Å²) in [4.78, 5) is 0. The smallest absolute Gasteiger partial charge is 0.0571 e. The molecule has 0 saturated heterocycles. The minimum atomic E-state index is -0.0683. The third-order valence-electron chi connectivity index (χ3n) is 4.73. The summed E-state index contributed by atoms with van der Waals surface area (Å²) in [6, 6.07) is 0. The van der Waals surface area contributed by atoms with Crippen molar-refractivity contribution in [3.63, 3.8) is 0 Å². The maximum atomic E-state index is 10.4. The van der Waals surface area contributed by atoms with Crippen LogP contribution in [0.1, 0.15) is 91.4 Å². The van der Waals surface area contributed by atoms with Gasteiger partial charge in [-0.2, -0.15) is 0 Å². The lowest BCUT2D eigenvalue weighted by Crippen LogP contribution is -2.25. The van der Waals surface area contributed by atoms with Crippen LogP contribution < -0.4 is 0 Å². The van der Waals surface area contributed by atoms with Crippen molar-refractivity contribution in [1.82, 2.24) is 0 Å². The van der Waals surface area contributed by atoms with E-state index in [1.165, 1.54) is 63.4 Å². The molecule has 0 aromatic carbocycles. The fourth-order valence-corrected chi connectivity index (χ4v) is 3.61. The van der Waals surface area contributed by atoms with Gasteiger partial charge < -0.3 is 5.11 Å². The molecule has 0 aromatic heterocycles. The third-order valence-corrected chi connectivity index (χ3v) is 4.73. The summed E-state index contributed by atoms with van der Waals surface area (Å²) >= 11 is 0. The van der Waals surface area contributed by atoms with Crippen LogP contribution in [0.5, 0.6) is 0 Å². The first-order chi connectivity index (χ1) is 9.63. The van der Waals surface area contributed by atoms with Crippen LogP contribution in [0.3, 0.4) is 0 Å². The van der Waals surface area contributed by atoms with Gasteiger partial charge in [0, 0.05) is 0 Å². The van der Waals surface area contributed by atoms with Gasteiger partial charge in [-0.1, -0.05) is 76.9 Å². The normalized spacial score (nSPS) is 24.5. The van der Waals surface area contributed by atoms with Crippen molar-refractivity contribution in [2.24, 2.45) is 11.8 Å². The van der Waals surface area contributed by atoms with Crippen LogP contribution >= 0.6 is 0 Å². The lowest BCUT2D eigenvalue weighted by molar-refractivity contribution is 0.0824. The lowest BCUT2D eigenvalue weighted by Gasteiger charge is -2.29. The second-order valence-electron chi connectivity index (χ2n) is 7.02. The molecular weight excluding hydrogens is 244 g/mol. The van der Waals surface area contributed by atoms with Crippen molar-refractivity contribution in [2.75, 3.05) is 0 Å². The number of allylic oxidation sites excluding steroid dienone is 2. The Bertz CT molecular complexity index is 269. The van der Waals surface area contributed by atoms with Crippen LogP contribution in [-0.4, -0.2) is 11.2 Å². The van der Waals surface area contributed by atoms with E-state index in [-0.39, 0.29) is 6.10 Å². The third kappa shape index (κ3) is 7.47. The van der Waals surface area contributed by atoms with Crippen molar-refractivity contribution in [3.8, 4) is 0 Å². The Morgan fingerprint density at radius 3 is 2.30 bits per heavy atom. The molecule has 0 aliphatic heterocycles. The Hall–Kier alpha value is -0.300. The Morgan fingerprint density at radius 2 is 1.70 bits per heavy atom. The molecule has 1 aliphatic carbocycles.